The van der Waals surface area contributed by atoms with E-state index in [2.05, 4.69) is 4.72 Å². The van der Waals surface area contributed by atoms with Crippen molar-refractivity contribution >= 4 is 33.0 Å². The van der Waals surface area contributed by atoms with Gasteiger partial charge in [0.15, 0.2) is 0 Å². The predicted molar refractivity (Wildman–Crippen MR) is 81.8 cm³/mol. The number of hydrogen-bond acceptors (Lipinski definition) is 4. The third kappa shape index (κ3) is 2.77. The monoisotopic (exact) mass is 340 g/mol. The SMILES string of the molecule is O=C1[C@@H](NS(=O)(=O)c2cccs2)CCN1c1ccccc1F. The van der Waals surface area contributed by atoms with Crippen LogP contribution in [0, 0.1) is 5.82 Å². The molecule has 8 heteroatoms. The van der Waals surface area contributed by atoms with E-state index in [1.54, 1.807) is 17.5 Å². The lowest BCUT2D eigenvalue weighted by Crippen LogP contribution is -2.41. The van der Waals surface area contributed by atoms with Gasteiger partial charge in [-0.25, -0.2) is 12.8 Å². The zero-order valence-corrected chi connectivity index (χ0v) is 13.0. The van der Waals surface area contributed by atoms with E-state index < -0.39 is 27.8 Å². The minimum atomic E-state index is -3.72. The first-order chi connectivity index (χ1) is 10.5. The lowest BCUT2D eigenvalue weighted by molar-refractivity contribution is -0.118. The number of carbonyl (C=O) groups excluding carboxylic acids is 1. The van der Waals surface area contributed by atoms with Gasteiger partial charge in [-0.05, 0) is 30.0 Å². The molecule has 116 valence electrons. The Bertz CT molecular complexity index is 790. The van der Waals surface area contributed by atoms with Gasteiger partial charge in [-0.1, -0.05) is 18.2 Å². The number of thiophene rings is 1. The average molecular weight is 340 g/mol. The molecule has 1 aliphatic heterocycles. The summed E-state index contributed by atoms with van der Waals surface area (Å²) in [7, 11) is -3.72. The molecule has 1 aliphatic rings. The molecule has 1 atom stereocenters. The highest BCUT2D eigenvalue weighted by Gasteiger charge is 2.36. The Hall–Kier alpha value is -1.77. The number of amides is 1. The summed E-state index contributed by atoms with van der Waals surface area (Å²) in [6.45, 7) is 0.275. The standard InChI is InChI=1S/C14H13FN2O3S2/c15-10-4-1-2-5-12(10)17-8-7-11(14(17)18)16-22(19,20)13-6-3-9-21-13/h1-6,9,11,16H,7-8H2/t11-/m0/s1. The molecule has 0 saturated carbocycles. The second-order valence-electron chi connectivity index (χ2n) is 4.84. The number of nitrogens with zero attached hydrogens (tertiary/aromatic N) is 1. The zero-order chi connectivity index (χ0) is 15.7. The fourth-order valence-corrected chi connectivity index (χ4v) is 4.59. The molecule has 1 fully saturated rings. The zero-order valence-electron chi connectivity index (χ0n) is 11.4. The maximum absolute atomic E-state index is 13.8. The first-order valence-electron chi connectivity index (χ1n) is 6.61. The minimum Gasteiger partial charge on any atom is -0.308 e. The van der Waals surface area contributed by atoms with Gasteiger partial charge in [0.25, 0.3) is 10.0 Å². The number of halogens is 1. The number of para-hydroxylation sites is 1. The van der Waals surface area contributed by atoms with Crippen molar-refractivity contribution in [3.63, 3.8) is 0 Å². The summed E-state index contributed by atoms with van der Waals surface area (Å²) in [5.41, 5.74) is 0.172. The fraction of sp³-hybridized carbons (Fsp3) is 0.214. The first-order valence-corrected chi connectivity index (χ1v) is 8.97. The third-order valence-corrected chi connectivity index (χ3v) is 6.28. The normalized spacial score (nSPS) is 18.9. The maximum atomic E-state index is 13.8. The number of benzene rings is 1. The smallest absolute Gasteiger partial charge is 0.250 e. The van der Waals surface area contributed by atoms with Crippen LogP contribution < -0.4 is 9.62 Å². The molecule has 0 unspecified atom stereocenters. The number of hydrogen-bond donors (Lipinski definition) is 1. The van der Waals surface area contributed by atoms with Crippen molar-refractivity contribution in [3.8, 4) is 0 Å². The van der Waals surface area contributed by atoms with Crippen molar-refractivity contribution in [2.45, 2.75) is 16.7 Å². The van der Waals surface area contributed by atoms with Crippen LogP contribution in [-0.4, -0.2) is 26.9 Å². The molecule has 1 saturated heterocycles. The number of sulfonamides is 1. The van der Waals surface area contributed by atoms with Gasteiger partial charge < -0.3 is 4.90 Å². The molecular weight excluding hydrogens is 327 g/mol. The highest BCUT2D eigenvalue weighted by molar-refractivity contribution is 7.91. The second kappa shape index (κ2) is 5.79. The highest BCUT2D eigenvalue weighted by Crippen LogP contribution is 2.25. The van der Waals surface area contributed by atoms with Crippen LogP contribution in [0.2, 0.25) is 0 Å². The van der Waals surface area contributed by atoms with Crippen LogP contribution in [0.4, 0.5) is 10.1 Å². The summed E-state index contributed by atoms with van der Waals surface area (Å²) >= 11 is 1.08. The van der Waals surface area contributed by atoms with Gasteiger partial charge in [0, 0.05) is 6.54 Å². The van der Waals surface area contributed by atoms with Crippen LogP contribution in [0.15, 0.2) is 46.0 Å². The lowest BCUT2D eigenvalue weighted by atomic mass is 10.2. The van der Waals surface area contributed by atoms with Gasteiger partial charge in [0.05, 0.1) is 5.69 Å². The van der Waals surface area contributed by atoms with E-state index in [-0.39, 0.29) is 16.4 Å². The number of nitrogens with one attached hydrogen (secondary N) is 1. The Morgan fingerprint density at radius 1 is 1.23 bits per heavy atom. The van der Waals surface area contributed by atoms with Gasteiger partial charge in [-0.2, -0.15) is 4.72 Å². The van der Waals surface area contributed by atoms with E-state index in [0.717, 1.165) is 11.3 Å². The van der Waals surface area contributed by atoms with Crippen molar-refractivity contribution < 1.29 is 17.6 Å². The summed E-state index contributed by atoms with van der Waals surface area (Å²) in [6, 6.07) is 8.18. The first kappa shape index (κ1) is 15.1. The van der Waals surface area contributed by atoms with Crippen LogP contribution >= 0.6 is 11.3 Å². The van der Waals surface area contributed by atoms with Crippen molar-refractivity contribution in [2.24, 2.45) is 0 Å². The molecule has 0 spiro atoms. The van der Waals surface area contributed by atoms with E-state index in [1.165, 1.54) is 29.2 Å². The van der Waals surface area contributed by atoms with Gasteiger partial charge >= 0.3 is 0 Å². The van der Waals surface area contributed by atoms with Crippen LogP contribution in [0.5, 0.6) is 0 Å². The summed E-state index contributed by atoms with van der Waals surface area (Å²) in [4.78, 5) is 13.6. The van der Waals surface area contributed by atoms with E-state index in [1.807, 2.05) is 0 Å². The van der Waals surface area contributed by atoms with Crippen molar-refractivity contribution in [1.82, 2.24) is 4.72 Å². The average Bonchev–Trinajstić information content (AvgIpc) is 3.12. The Kier molecular flexibility index (Phi) is 3.98. The number of carbonyl (C=O) groups is 1. The molecule has 5 nitrogen and oxygen atoms in total. The van der Waals surface area contributed by atoms with E-state index in [0.29, 0.717) is 6.42 Å². The molecule has 22 heavy (non-hydrogen) atoms. The number of anilines is 1. The van der Waals surface area contributed by atoms with Gasteiger partial charge in [0.1, 0.15) is 16.1 Å². The second-order valence-corrected chi connectivity index (χ2v) is 7.72. The van der Waals surface area contributed by atoms with E-state index in [9.17, 15) is 17.6 Å². The molecular formula is C14H13FN2O3S2. The van der Waals surface area contributed by atoms with E-state index >= 15 is 0 Å². The lowest BCUT2D eigenvalue weighted by Gasteiger charge is -2.17. The number of rotatable bonds is 4. The van der Waals surface area contributed by atoms with E-state index in [4.69, 9.17) is 0 Å². The molecule has 1 aromatic heterocycles. The Morgan fingerprint density at radius 3 is 2.68 bits per heavy atom. The quantitative estimate of drug-likeness (QED) is 0.925. The summed E-state index contributed by atoms with van der Waals surface area (Å²) < 4.78 is 40.6. The Labute approximate surface area is 131 Å². The van der Waals surface area contributed by atoms with Gasteiger partial charge in [-0.3, -0.25) is 4.79 Å². The molecule has 3 rings (SSSR count). The van der Waals surface area contributed by atoms with Crippen LogP contribution in [0.1, 0.15) is 6.42 Å². The minimum absolute atomic E-state index is 0.157. The molecule has 0 bridgehead atoms. The summed E-state index contributed by atoms with van der Waals surface area (Å²) in [5, 5.41) is 1.65. The van der Waals surface area contributed by atoms with Crippen molar-refractivity contribution in [2.75, 3.05) is 11.4 Å². The molecule has 1 aromatic carbocycles. The molecule has 1 amide bonds. The molecule has 0 radical (unpaired) electrons. The molecule has 2 heterocycles. The van der Waals surface area contributed by atoms with Crippen LogP contribution in [0.25, 0.3) is 0 Å². The van der Waals surface area contributed by atoms with Gasteiger partial charge in [-0.15, -0.1) is 11.3 Å². The fourth-order valence-electron chi connectivity index (χ4n) is 2.36. The predicted octanol–water partition coefficient (Wildman–Crippen LogP) is 1.97. The highest BCUT2D eigenvalue weighted by atomic mass is 32.2. The summed E-state index contributed by atoms with van der Waals surface area (Å²) in [5.74, 6) is -0.942. The Balaban J connectivity index is 1.79. The van der Waals surface area contributed by atoms with Gasteiger partial charge in [0.2, 0.25) is 5.91 Å². The Morgan fingerprint density at radius 2 is 2.00 bits per heavy atom. The van der Waals surface area contributed by atoms with Crippen molar-refractivity contribution in [1.29, 1.82) is 0 Å². The summed E-state index contributed by atoms with van der Waals surface area (Å²) in [6.07, 6.45) is 0.303. The molecule has 0 aliphatic carbocycles. The third-order valence-electron chi connectivity index (χ3n) is 3.41. The van der Waals surface area contributed by atoms with Crippen molar-refractivity contribution in [3.05, 3.63) is 47.6 Å². The topological polar surface area (TPSA) is 66.5 Å². The van der Waals surface area contributed by atoms with Crippen LogP contribution in [-0.2, 0) is 14.8 Å². The van der Waals surface area contributed by atoms with Crippen LogP contribution in [0.3, 0.4) is 0 Å². The maximum Gasteiger partial charge on any atom is 0.250 e. The largest absolute Gasteiger partial charge is 0.308 e. The molecule has 1 N–H and O–H groups in total. The molecule has 2 aromatic rings.